The Labute approximate surface area is 95.4 Å². The van der Waals surface area contributed by atoms with Gasteiger partial charge in [0.2, 0.25) is 0 Å². The first-order chi connectivity index (χ1) is 6.94. The summed E-state index contributed by atoms with van der Waals surface area (Å²) in [6, 6.07) is 5.80. The molecule has 0 aliphatic rings. The predicted molar refractivity (Wildman–Crippen MR) is 63.4 cm³/mol. The Kier molecular flexibility index (Phi) is 4.52. The summed E-state index contributed by atoms with van der Waals surface area (Å²) in [6.45, 7) is 3.49. The number of terminal acetylenes is 1. The maximum atomic E-state index is 10.4. The van der Waals surface area contributed by atoms with Crippen LogP contribution in [-0.4, -0.2) is 10.5 Å². The lowest BCUT2D eigenvalue weighted by Gasteiger charge is -2.19. The van der Waals surface area contributed by atoms with Crippen LogP contribution in [0.5, 0.6) is 5.75 Å². The van der Waals surface area contributed by atoms with Gasteiger partial charge in [-0.3, -0.25) is 10.1 Å². The Hall–Kier alpha value is -2.02. The molecule has 0 N–H and O–H groups in total. The largest absolute Gasteiger partial charge is 0.475 e. The van der Waals surface area contributed by atoms with E-state index in [-0.39, 0.29) is 13.1 Å². The number of non-ortho nitro benzene ring substituents is 1. The van der Waals surface area contributed by atoms with Gasteiger partial charge in [0.15, 0.2) is 5.60 Å². The highest BCUT2D eigenvalue weighted by molar-refractivity contribution is 5.36. The zero-order valence-electron chi connectivity index (χ0n) is 8.56. The van der Waals surface area contributed by atoms with E-state index in [9.17, 15) is 10.1 Å². The van der Waals surface area contributed by atoms with E-state index in [1.165, 1.54) is 24.3 Å². The van der Waals surface area contributed by atoms with E-state index in [2.05, 4.69) is 5.92 Å². The van der Waals surface area contributed by atoms with E-state index in [0.717, 1.165) is 0 Å². The molecule has 4 nitrogen and oxygen atoms in total. The van der Waals surface area contributed by atoms with E-state index < -0.39 is 10.5 Å². The van der Waals surface area contributed by atoms with Crippen LogP contribution in [0.2, 0.25) is 0 Å². The zero-order chi connectivity index (χ0) is 11.5. The van der Waals surface area contributed by atoms with Crippen LogP contribution >= 0.6 is 0 Å². The summed E-state index contributed by atoms with van der Waals surface area (Å²) in [6.07, 6.45) is 5.25. The number of benzene rings is 1. The molecule has 0 radical (unpaired) electrons. The summed E-state index contributed by atoms with van der Waals surface area (Å²) in [4.78, 5) is 9.92. The van der Waals surface area contributed by atoms with Crippen LogP contribution in [0.3, 0.4) is 0 Å². The van der Waals surface area contributed by atoms with E-state index in [1.54, 1.807) is 13.8 Å². The lowest BCUT2D eigenvalue weighted by atomic mass is 10.1. The molecule has 0 unspecified atom stereocenters. The smallest absolute Gasteiger partial charge is 0.269 e. The average Bonchev–Trinajstić information content (AvgIpc) is 2.18. The molecular weight excluding hydrogens is 206 g/mol. The molecule has 0 heterocycles. The fourth-order valence-electron chi connectivity index (χ4n) is 0.960. The van der Waals surface area contributed by atoms with Crippen molar-refractivity contribution < 1.29 is 9.66 Å². The van der Waals surface area contributed by atoms with Crippen LogP contribution in [0.1, 0.15) is 21.3 Å². The summed E-state index contributed by atoms with van der Waals surface area (Å²) in [5.41, 5.74) is -0.684. The van der Waals surface area contributed by atoms with Crippen molar-refractivity contribution in [3.63, 3.8) is 0 Å². The van der Waals surface area contributed by atoms with E-state index in [0.29, 0.717) is 5.75 Å². The van der Waals surface area contributed by atoms with Crippen LogP contribution < -0.4 is 4.74 Å². The Morgan fingerprint density at radius 3 is 2.25 bits per heavy atom. The van der Waals surface area contributed by atoms with E-state index in [4.69, 9.17) is 11.2 Å². The molecule has 0 fully saturated rings. The number of nitro groups is 1. The summed E-state index contributed by atoms with van der Waals surface area (Å²) in [5.74, 6) is 2.99. The molecule has 86 valence electrons. The molecule has 0 aliphatic heterocycles. The van der Waals surface area contributed by atoms with Gasteiger partial charge in [0, 0.05) is 12.1 Å². The molecular formula is C12H15NO3. The summed E-state index contributed by atoms with van der Waals surface area (Å²) >= 11 is 0. The number of rotatable bonds is 3. The van der Waals surface area contributed by atoms with Gasteiger partial charge in [0.25, 0.3) is 5.69 Å². The third kappa shape index (κ3) is 3.62. The first kappa shape index (κ1) is 14.0. The number of hydrogen-bond donors (Lipinski definition) is 0. The number of nitrogens with zero attached hydrogens (tertiary/aromatic N) is 1. The predicted octanol–water partition coefficient (Wildman–Crippen LogP) is 3.02. The maximum Gasteiger partial charge on any atom is 0.269 e. The van der Waals surface area contributed by atoms with Crippen molar-refractivity contribution in [3.8, 4) is 18.1 Å². The molecule has 16 heavy (non-hydrogen) atoms. The molecule has 0 aromatic heterocycles. The number of hydrogen-bond acceptors (Lipinski definition) is 3. The summed E-state index contributed by atoms with van der Waals surface area (Å²) in [7, 11) is 0. The molecule has 0 saturated heterocycles. The normalized spacial score (nSPS) is 9.81. The fraction of sp³-hybridized carbons (Fsp3) is 0.333. The minimum Gasteiger partial charge on any atom is -0.475 e. The van der Waals surface area contributed by atoms with Gasteiger partial charge in [0.1, 0.15) is 5.75 Å². The van der Waals surface area contributed by atoms with Crippen molar-refractivity contribution in [2.24, 2.45) is 0 Å². The highest BCUT2D eigenvalue weighted by Crippen LogP contribution is 2.21. The second kappa shape index (κ2) is 5.17. The third-order valence-electron chi connectivity index (χ3n) is 1.77. The maximum absolute atomic E-state index is 10.4. The second-order valence-electron chi connectivity index (χ2n) is 3.51. The SMILES string of the molecule is C.C#CC(C)(C)Oc1ccc([N+](=O)[O-])cc1. The topological polar surface area (TPSA) is 52.4 Å². The Bertz CT molecular complexity index is 401. The zero-order valence-corrected chi connectivity index (χ0v) is 8.56. The lowest BCUT2D eigenvalue weighted by Crippen LogP contribution is -2.25. The molecule has 0 bridgehead atoms. The first-order valence-electron chi connectivity index (χ1n) is 4.36. The highest BCUT2D eigenvalue weighted by atomic mass is 16.6. The van der Waals surface area contributed by atoms with Gasteiger partial charge in [-0.25, -0.2) is 0 Å². The molecule has 0 aliphatic carbocycles. The van der Waals surface area contributed by atoms with Gasteiger partial charge in [-0.15, -0.1) is 6.42 Å². The van der Waals surface area contributed by atoms with Gasteiger partial charge in [0.05, 0.1) is 4.92 Å². The molecule has 0 saturated carbocycles. The molecule has 0 atom stereocenters. The first-order valence-corrected chi connectivity index (χ1v) is 4.36. The number of ether oxygens (including phenoxy) is 1. The highest BCUT2D eigenvalue weighted by Gasteiger charge is 2.15. The minimum absolute atomic E-state index is 0. The van der Waals surface area contributed by atoms with Gasteiger partial charge in [-0.05, 0) is 26.0 Å². The minimum atomic E-state index is -0.712. The van der Waals surface area contributed by atoms with Crippen LogP contribution in [0.15, 0.2) is 24.3 Å². The van der Waals surface area contributed by atoms with Gasteiger partial charge < -0.3 is 4.74 Å². The van der Waals surface area contributed by atoms with Gasteiger partial charge >= 0.3 is 0 Å². The standard InChI is InChI=1S/C11H11NO3.CH4/c1-4-11(2,3)15-10-7-5-9(6-8-10)12(13)14;/h1,5-8H,2-3H3;1H4. The van der Waals surface area contributed by atoms with Crippen molar-refractivity contribution in [1.29, 1.82) is 0 Å². The molecule has 1 rings (SSSR count). The van der Waals surface area contributed by atoms with Crippen LogP contribution in [0.4, 0.5) is 5.69 Å². The van der Waals surface area contributed by atoms with Crippen molar-refractivity contribution in [2.75, 3.05) is 0 Å². The summed E-state index contributed by atoms with van der Waals surface area (Å²) < 4.78 is 5.43. The van der Waals surface area contributed by atoms with Gasteiger partial charge in [-0.2, -0.15) is 0 Å². The van der Waals surface area contributed by atoms with Crippen LogP contribution in [-0.2, 0) is 0 Å². The second-order valence-corrected chi connectivity index (χ2v) is 3.51. The average molecular weight is 221 g/mol. The van der Waals surface area contributed by atoms with E-state index in [1.807, 2.05) is 0 Å². The fourth-order valence-corrected chi connectivity index (χ4v) is 0.960. The van der Waals surface area contributed by atoms with E-state index >= 15 is 0 Å². The molecule has 0 spiro atoms. The lowest BCUT2D eigenvalue weighted by molar-refractivity contribution is -0.384. The molecule has 1 aromatic rings. The Balaban J connectivity index is 0.00000225. The Morgan fingerprint density at radius 2 is 1.88 bits per heavy atom. The van der Waals surface area contributed by atoms with Crippen molar-refractivity contribution in [2.45, 2.75) is 26.9 Å². The van der Waals surface area contributed by atoms with Crippen LogP contribution in [0.25, 0.3) is 0 Å². The monoisotopic (exact) mass is 221 g/mol. The van der Waals surface area contributed by atoms with Crippen molar-refractivity contribution in [3.05, 3.63) is 34.4 Å². The summed E-state index contributed by atoms with van der Waals surface area (Å²) in [5, 5.41) is 10.4. The van der Waals surface area contributed by atoms with Gasteiger partial charge in [-0.1, -0.05) is 13.3 Å². The van der Waals surface area contributed by atoms with Crippen molar-refractivity contribution >= 4 is 5.69 Å². The van der Waals surface area contributed by atoms with Crippen LogP contribution in [0, 0.1) is 22.5 Å². The molecule has 4 heteroatoms. The number of nitro benzene ring substituents is 1. The van der Waals surface area contributed by atoms with Crippen molar-refractivity contribution in [1.82, 2.24) is 0 Å². The Morgan fingerprint density at radius 1 is 1.38 bits per heavy atom. The molecule has 1 aromatic carbocycles. The third-order valence-corrected chi connectivity index (χ3v) is 1.77. The molecule has 0 amide bonds. The quantitative estimate of drug-likeness (QED) is 0.448.